The van der Waals surface area contributed by atoms with Gasteiger partial charge in [0.15, 0.2) is 0 Å². The molecular formula is C17H18FN3. The van der Waals surface area contributed by atoms with Gasteiger partial charge in [-0.25, -0.2) is 4.39 Å². The normalized spacial score (nSPS) is 13.2. The van der Waals surface area contributed by atoms with Crippen LogP contribution in [0.2, 0.25) is 0 Å². The Hall–Kier alpha value is -2.38. The maximum Gasteiger partial charge on any atom is 0.131 e. The number of nitrogens with two attached hydrogens (primary N) is 1. The second-order valence-corrected chi connectivity index (χ2v) is 5.10. The number of hydrogen-bond acceptors (Lipinski definition) is 3. The first-order chi connectivity index (χ1) is 10.0. The highest BCUT2D eigenvalue weighted by Crippen LogP contribution is 2.23. The summed E-state index contributed by atoms with van der Waals surface area (Å²) in [6.45, 7) is 0.602. The maximum atomic E-state index is 12.9. The van der Waals surface area contributed by atoms with E-state index in [4.69, 9.17) is 5.73 Å². The van der Waals surface area contributed by atoms with Crippen LogP contribution in [-0.4, -0.2) is 13.6 Å². The lowest BCUT2D eigenvalue weighted by Gasteiger charge is -2.26. The van der Waals surface area contributed by atoms with Crippen molar-refractivity contribution in [3.63, 3.8) is 0 Å². The largest absolute Gasteiger partial charge is 0.374 e. The van der Waals surface area contributed by atoms with Crippen molar-refractivity contribution in [2.75, 3.05) is 18.5 Å². The molecule has 21 heavy (non-hydrogen) atoms. The summed E-state index contributed by atoms with van der Waals surface area (Å²) in [4.78, 5) is 1.96. The summed E-state index contributed by atoms with van der Waals surface area (Å²) < 4.78 is 12.9. The number of hydrogen-bond donors (Lipinski definition) is 1. The molecule has 2 aromatic carbocycles. The second-order valence-electron chi connectivity index (χ2n) is 5.10. The van der Waals surface area contributed by atoms with Crippen LogP contribution in [0.5, 0.6) is 0 Å². The molecule has 0 spiro atoms. The lowest BCUT2D eigenvalue weighted by atomic mass is 9.89. The predicted molar refractivity (Wildman–Crippen MR) is 82.2 cm³/mol. The Morgan fingerprint density at radius 2 is 1.76 bits per heavy atom. The average Bonchev–Trinajstić information content (AvgIpc) is 2.54. The summed E-state index contributed by atoms with van der Waals surface area (Å²) in [6, 6.07) is 17.8. The molecule has 0 aliphatic carbocycles. The summed E-state index contributed by atoms with van der Waals surface area (Å²) >= 11 is 0. The minimum absolute atomic E-state index is 0.262. The molecule has 0 amide bonds. The van der Waals surface area contributed by atoms with Crippen molar-refractivity contribution in [1.29, 1.82) is 5.26 Å². The van der Waals surface area contributed by atoms with Gasteiger partial charge in [-0.05, 0) is 29.8 Å². The number of nitriles is 1. The zero-order valence-electron chi connectivity index (χ0n) is 12.0. The van der Waals surface area contributed by atoms with Gasteiger partial charge in [0.05, 0.1) is 6.07 Å². The van der Waals surface area contributed by atoms with Crippen LogP contribution in [0.15, 0.2) is 54.6 Å². The van der Waals surface area contributed by atoms with Crippen molar-refractivity contribution in [2.24, 2.45) is 5.73 Å². The van der Waals surface area contributed by atoms with E-state index in [1.54, 1.807) is 12.1 Å². The third-order valence-electron chi connectivity index (χ3n) is 3.60. The lowest BCUT2D eigenvalue weighted by Crippen LogP contribution is -2.38. The molecule has 1 atom stereocenters. The zero-order valence-corrected chi connectivity index (χ0v) is 12.0. The molecule has 108 valence electrons. The quantitative estimate of drug-likeness (QED) is 0.917. The molecule has 2 aromatic rings. The summed E-state index contributed by atoms with van der Waals surface area (Å²) in [5, 5.41) is 9.42. The van der Waals surface area contributed by atoms with Gasteiger partial charge in [0.1, 0.15) is 11.4 Å². The lowest BCUT2D eigenvalue weighted by molar-refractivity contribution is 0.525. The summed E-state index contributed by atoms with van der Waals surface area (Å²) in [5.74, 6) is -0.262. The van der Waals surface area contributed by atoms with Crippen LogP contribution in [0.3, 0.4) is 0 Å². The monoisotopic (exact) mass is 283 g/mol. The first-order valence-corrected chi connectivity index (χ1v) is 6.77. The fourth-order valence-electron chi connectivity index (χ4n) is 2.17. The first kappa shape index (κ1) is 15.0. The van der Waals surface area contributed by atoms with E-state index in [1.165, 1.54) is 12.1 Å². The van der Waals surface area contributed by atoms with Gasteiger partial charge in [-0.2, -0.15) is 5.26 Å². The molecule has 0 bridgehead atoms. The Kier molecular flexibility index (Phi) is 4.56. The number of benzene rings is 2. The van der Waals surface area contributed by atoms with Crippen LogP contribution in [0, 0.1) is 17.1 Å². The van der Waals surface area contributed by atoms with E-state index >= 15 is 0 Å². The van der Waals surface area contributed by atoms with Gasteiger partial charge in [-0.3, -0.25) is 0 Å². The van der Waals surface area contributed by atoms with Gasteiger partial charge in [0, 0.05) is 25.7 Å². The Labute approximate surface area is 124 Å². The minimum Gasteiger partial charge on any atom is -0.374 e. The topological polar surface area (TPSA) is 53.0 Å². The molecule has 0 aliphatic heterocycles. The fraction of sp³-hybridized carbons (Fsp3) is 0.235. The molecule has 2 rings (SSSR count). The van der Waals surface area contributed by atoms with Crippen molar-refractivity contribution in [1.82, 2.24) is 0 Å². The van der Waals surface area contributed by atoms with Crippen LogP contribution >= 0.6 is 0 Å². The van der Waals surface area contributed by atoms with Crippen LogP contribution in [-0.2, 0) is 5.54 Å². The summed E-state index contributed by atoms with van der Waals surface area (Å²) in [5.41, 5.74) is 6.90. The highest BCUT2D eigenvalue weighted by molar-refractivity contribution is 5.45. The van der Waals surface area contributed by atoms with Gasteiger partial charge in [0.25, 0.3) is 0 Å². The number of anilines is 1. The number of rotatable bonds is 5. The highest BCUT2D eigenvalue weighted by Gasteiger charge is 2.27. The van der Waals surface area contributed by atoms with E-state index in [-0.39, 0.29) is 5.82 Å². The SMILES string of the molecule is CN(CCC(N)(C#N)c1ccccc1)c1ccc(F)cc1. The van der Waals surface area contributed by atoms with Gasteiger partial charge in [0.2, 0.25) is 0 Å². The summed E-state index contributed by atoms with van der Waals surface area (Å²) in [7, 11) is 1.90. The number of nitrogens with zero attached hydrogens (tertiary/aromatic N) is 2. The summed E-state index contributed by atoms with van der Waals surface area (Å²) in [6.07, 6.45) is 0.487. The van der Waals surface area contributed by atoms with Crippen LogP contribution < -0.4 is 10.6 Å². The Morgan fingerprint density at radius 3 is 2.33 bits per heavy atom. The van der Waals surface area contributed by atoms with E-state index in [9.17, 15) is 9.65 Å². The Morgan fingerprint density at radius 1 is 1.14 bits per heavy atom. The first-order valence-electron chi connectivity index (χ1n) is 6.77. The average molecular weight is 283 g/mol. The van der Waals surface area contributed by atoms with E-state index in [0.29, 0.717) is 13.0 Å². The van der Waals surface area contributed by atoms with Crippen molar-refractivity contribution < 1.29 is 4.39 Å². The van der Waals surface area contributed by atoms with Crippen molar-refractivity contribution in [3.05, 3.63) is 66.0 Å². The maximum absolute atomic E-state index is 12.9. The molecule has 1 unspecified atom stereocenters. The smallest absolute Gasteiger partial charge is 0.131 e. The molecule has 0 aliphatic rings. The molecule has 0 heterocycles. The predicted octanol–water partition coefficient (Wildman–Crippen LogP) is 3.03. The molecule has 0 aromatic heterocycles. The molecular weight excluding hydrogens is 265 g/mol. The standard InChI is InChI=1S/C17H18FN3/c1-21(16-9-7-15(18)8-10-16)12-11-17(20,13-19)14-5-3-2-4-6-14/h2-10H,11-12,20H2,1H3. The van der Waals surface area contributed by atoms with Crippen LogP contribution in [0.25, 0.3) is 0 Å². The fourth-order valence-corrected chi connectivity index (χ4v) is 2.17. The molecule has 3 nitrogen and oxygen atoms in total. The molecule has 0 fully saturated rings. The second kappa shape index (κ2) is 6.38. The van der Waals surface area contributed by atoms with Gasteiger partial charge < -0.3 is 10.6 Å². The van der Waals surface area contributed by atoms with E-state index in [2.05, 4.69) is 6.07 Å². The molecule has 4 heteroatoms. The molecule has 0 saturated heterocycles. The van der Waals surface area contributed by atoms with Gasteiger partial charge >= 0.3 is 0 Å². The van der Waals surface area contributed by atoms with Crippen molar-refractivity contribution >= 4 is 5.69 Å². The minimum atomic E-state index is -1.02. The number of halogens is 1. The van der Waals surface area contributed by atoms with Crippen molar-refractivity contribution in [3.8, 4) is 6.07 Å². The van der Waals surface area contributed by atoms with E-state index in [1.807, 2.05) is 42.3 Å². The Bertz CT molecular complexity index is 619. The molecule has 0 saturated carbocycles. The highest BCUT2D eigenvalue weighted by atomic mass is 19.1. The Balaban J connectivity index is 2.07. The van der Waals surface area contributed by atoms with Crippen LogP contribution in [0.1, 0.15) is 12.0 Å². The van der Waals surface area contributed by atoms with Gasteiger partial charge in [-0.1, -0.05) is 30.3 Å². The zero-order chi connectivity index (χ0) is 15.3. The van der Waals surface area contributed by atoms with Crippen LogP contribution in [0.4, 0.5) is 10.1 Å². The molecule has 0 radical (unpaired) electrons. The van der Waals surface area contributed by atoms with E-state index in [0.717, 1.165) is 11.3 Å². The van der Waals surface area contributed by atoms with Gasteiger partial charge in [-0.15, -0.1) is 0 Å². The third-order valence-corrected chi connectivity index (χ3v) is 3.60. The van der Waals surface area contributed by atoms with E-state index < -0.39 is 5.54 Å². The molecule has 2 N–H and O–H groups in total. The third kappa shape index (κ3) is 3.59. The van der Waals surface area contributed by atoms with Crippen molar-refractivity contribution in [2.45, 2.75) is 12.0 Å².